The topological polar surface area (TPSA) is 0 Å². The molecule has 0 heterocycles. The van der Waals surface area contributed by atoms with Crippen LogP contribution in [-0.2, 0) is 46.5 Å². The summed E-state index contributed by atoms with van der Waals surface area (Å²) in [6, 6.07) is 30.5. The minimum atomic E-state index is -0.826. The van der Waals surface area contributed by atoms with Gasteiger partial charge in [-0.15, -0.1) is 0 Å². The van der Waals surface area contributed by atoms with Gasteiger partial charge in [0.05, 0.1) is 0 Å². The molecule has 0 spiro atoms. The van der Waals surface area contributed by atoms with E-state index in [1.807, 2.05) is 0 Å². The summed E-state index contributed by atoms with van der Waals surface area (Å²) in [6.45, 7) is 4.81. The zero-order valence-corrected chi connectivity index (χ0v) is 31.2. The van der Waals surface area contributed by atoms with Crippen molar-refractivity contribution in [1.82, 2.24) is 0 Å². The summed E-state index contributed by atoms with van der Waals surface area (Å²) in [5.41, 5.74) is 22.0. The van der Waals surface area contributed by atoms with E-state index in [0.29, 0.717) is 11.8 Å². The average molecular weight is 711 g/mol. The van der Waals surface area contributed by atoms with Gasteiger partial charge in [0.15, 0.2) is 0 Å². The van der Waals surface area contributed by atoms with Crippen molar-refractivity contribution in [3.8, 4) is 22.3 Å². The molecule has 4 aromatic rings. The summed E-state index contributed by atoms with van der Waals surface area (Å²) in [5.74, 6) is 1.24. The molecule has 8 rings (SSSR count). The van der Waals surface area contributed by atoms with Crippen molar-refractivity contribution in [2.45, 2.75) is 76.3 Å². The van der Waals surface area contributed by atoms with Crippen LogP contribution < -0.4 is 0 Å². The zero-order valence-electron chi connectivity index (χ0n) is 25.9. The summed E-state index contributed by atoms with van der Waals surface area (Å²) in [4.78, 5) is 0. The van der Waals surface area contributed by atoms with Gasteiger partial charge < -0.3 is 0 Å². The predicted molar refractivity (Wildman–Crippen MR) is 190 cm³/mol. The van der Waals surface area contributed by atoms with Crippen LogP contribution in [-0.4, -0.2) is 9.52 Å². The standard InChI is InChI=1S/C40H40Si.2ClH.Zr/c1-25-19-35-33(21-29-15-9-17-31(29)39(35)27-11-5-3-6-12-27)37(25)23-41-24-38-26(2)20-36-34(38)22-30-16-10-18-32(30)40(36)28-13-7-4-8-14-28;;;/h3-8,11-14,19-22,37-38H,9-10,15-18,23-24,41H2,1-2H3;2*1H;/q;;;+2/p-2. The average Bonchev–Trinajstić information content (AvgIpc) is 3.82. The summed E-state index contributed by atoms with van der Waals surface area (Å²) in [6.07, 6.45) is 12.7. The number of hydrogen-bond acceptors (Lipinski definition) is 0. The Labute approximate surface area is 284 Å². The van der Waals surface area contributed by atoms with E-state index in [4.69, 9.17) is 17.0 Å². The molecule has 0 aliphatic heterocycles. The van der Waals surface area contributed by atoms with Gasteiger partial charge in [0.2, 0.25) is 0 Å². The second-order valence-corrected chi connectivity index (χ2v) is 18.7. The number of halogens is 2. The van der Waals surface area contributed by atoms with Crippen LogP contribution in [0.2, 0.25) is 12.1 Å². The number of fused-ring (bicyclic) bond motifs is 4. The van der Waals surface area contributed by atoms with E-state index >= 15 is 0 Å². The van der Waals surface area contributed by atoms with Crippen molar-refractivity contribution in [3.63, 3.8) is 0 Å². The molecule has 44 heavy (non-hydrogen) atoms. The molecule has 4 aromatic carbocycles. The van der Waals surface area contributed by atoms with Crippen molar-refractivity contribution in [2.24, 2.45) is 0 Å². The van der Waals surface area contributed by atoms with E-state index in [0.717, 1.165) is 0 Å². The number of benzene rings is 4. The fourth-order valence-electron chi connectivity index (χ4n) is 8.76. The van der Waals surface area contributed by atoms with E-state index in [1.54, 1.807) is 66.8 Å². The first-order valence-corrected chi connectivity index (χ1v) is 24.7. The van der Waals surface area contributed by atoms with Gasteiger partial charge in [-0.05, 0) is 119 Å². The first-order chi connectivity index (χ1) is 21.6. The van der Waals surface area contributed by atoms with E-state index < -0.39 is 20.8 Å². The van der Waals surface area contributed by atoms with Gasteiger partial charge in [-0.25, -0.2) is 0 Å². The van der Waals surface area contributed by atoms with E-state index in [1.165, 1.54) is 61.7 Å². The van der Waals surface area contributed by atoms with Crippen LogP contribution in [0.3, 0.4) is 0 Å². The quantitative estimate of drug-likeness (QED) is 0.175. The van der Waals surface area contributed by atoms with Crippen molar-refractivity contribution < 1.29 is 20.8 Å². The third-order valence-electron chi connectivity index (χ3n) is 10.6. The number of aryl methyl sites for hydroxylation is 2. The fraction of sp³-hybridized carbons (Fsp3) is 0.300. The second-order valence-electron chi connectivity index (χ2n) is 13.1. The molecule has 0 nitrogen and oxygen atoms in total. The van der Waals surface area contributed by atoms with Crippen molar-refractivity contribution in [2.75, 3.05) is 0 Å². The molecule has 0 amide bonds. The molecule has 4 heteroatoms. The van der Waals surface area contributed by atoms with Gasteiger partial charge in [-0.1, -0.05) is 108 Å². The Morgan fingerprint density at radius 2 is 1.05 bits per heavy atom. The Morgan fingerprint density at radius 1 is 0.636 bits per heavy atom. The van der Waals surface area contributed by atoms with Gasteiger partial charge in [0, 0.05) is 21.4 Å². The molecule has 222 valence electrons. The summed E-state index contributed by atoms with van der Waals surface area (Å²) < 4.78 is 0. The fourth-order valence-corrected chi connectivity index (χ4v) is 11.3. The monoisotopic (exact) mass is 708 g/mol. The Hall–Kier alpha value is -1.96. The van der Waals surface area contributed by atoms with Crippen molar-refractivity contribution in [3.05, 3.63) is 128 Å². The molecule has 0 fully saturated rings. The molecule has 0 saturated heterocycles. The van der Waals surface area contributed by atoms with Crippen LogP contribution in [0, 0.1) is 0 Å². The molecule has 4 aliphatic carbocycles. The molecule has 0 radical (unpaired) electrons. The number of hydrogen-bond donors (Lipinski definition) is 0. The van der Waals surface area contributed by atoms with Crippen LogP contribution in [0.25, 0.3) is 34.4 Å². The molecular weight excluding hydrogens is 671 g/mol. The first kappa shape index (κ1) is 30.7. The maximum absolute atomic E-state index is 4.93. The Bertz CT molecular complexity index is 1630. The minimum absolute atomic E-state index is 0.247. The number of rotatable bonds is 6. The molecule has 2 atom stereocenters. The van der Waals surface area contributed by atoms with Crippen LogP contribution in [0.1, 0.15) is 83.0 Å². The van der Waals surface area contributed by atoms with Crippen LogP contribution in [0.4, 0.5) is 0 Å². The molecule has 0 bridgehead atoms. The molecular formula is C40H40Cl2SiZr. The third-order valence-corrected chi connectivity index (χ3v) is 12.6. The maximum atomic E-state index is 4.93. The van der Waals surface area contributed by atoms with E-state index in [2.05, 4.69) is 98.8 Å². The predicted octanol–water partition coefficient (Wildman–Crippen LogP) is 11.1. The SMILES string of the molecule is CC1=Cc2c(cc3c(c2-c2ccccc2)CCC3)C1C[SiH2]CC1C(C)=Cc2c1cc1c(c2-c2ccccc2)CCC1.[Cl][Zr][Cl]. The number of allylic oxidation sites excluding steroid dienone is 2. The van der Waals surface area contributed by atoms with Crippen LogP contribution in [0.15, 0.2) is 83.9 Å². The van der Waals surface area contributed by atoms with Crippen LogP contribution in [0.5, 0.6) is 0 Å². The summed E-state index contributed by atoms with van der Waals surface area (Å²) >= 11 is -0.826. The molecule has 0 N–H and O–H groups in total. The van der Waals surface area contributed by atoms with E-state index in [9.17, 15) is 0 Å². The van der Waals surface area contributed by atoms with Crippen LogP contribution >= 0.6 is 17.0 Å². The molecule has 0 saturated carbocycles. The van der Waals surface area contributed by atoms with Gasteiger partial charge in [-0.2, -0.15) is 0 Å². The van der Waals surface area contributed by atoms with Gasteiger partial charge >= 0.3 is 37.9 Å². The Kier molecular flexibility index (Phi) is 9.35. The first-order valence-electron chi connectivity index (χ1n) is 16.4. The zero-order chi connectivity index (χ0) is 30.2. The van der Waals surface area contributed by atoms with Crippen molar-refractivity contribution in [1.29, 1.82) is 0 Å². The second kappa shape index (κ2) is 13.4. The van der Waals surface area contributed by atoms with Gasteiger partial charge in [0.1, 0.15) is 0 Å². The molecule has 2 unspecified atom stereocenters. The summed E-state index contributed by atoms with van der Waals surface area (Å²) in [5, 5.41) is 0. The Balaban J connectivity index is 0.00000100. The summed E-state index contributed by atoms with van der Waals surface area (Å²) in [7, 11) is 9.62. The normalized spacial score (nSPS) is 19.2. The van der Waals surface area contributed by atoms with Gasteiger partial charge in [0.25, 0.3) is 0 Å². The third kappa shape index (κ3) is 5.64. The van der Waals surface area contributed by atoms with Gasteiger partial charge in [-0.3, -0.25) is 0 Å². The Morgan fingerprint density at radius 3 is 1.45 bits per heavy atom. The molecule has 4 aliphatic rings. The molecule has 0 aromatic heterocycles. The van der Waals surface area contributed by atoms with E-state index in [-0.39, 0.29) is 9.52 Å². The van der Waals surface area contributed by atoms with Crippen molar-refractivity contribution >= 4 is 38.7 Å².